The largest absolute Gasteiger partial charge is 0.350 e. The molecule has 32 heavy (non-hydrogen) atoms. The quantitative estimate of drug-likeness (QED) is 0.472. The summed E-state index contributed by atoms with van der Waals surface area (Å²) in [5, 5.41) is 6.14. The van der Waals surface area contributed by atoms with Crippen LogP contribution in [0.1, 0.15) is 35.5 Å². The molecule has 5 rings (SSSR count). The van der Waals surface area contributed by atoms with Gasteiger partial charge in [-0.25, -0.2) is 0 Å². The van der Waals surface area contributed by atoms with E-state index in [-0.39, 0.29) is 11.8 Å². The molecule has 4 aromatic rings. The fraction of sp³-hybridized carbons (Fsp3) is 0.231. The maximum Gasteiger partial charge on any atom is 0.275 e. The summed E-state index contributed by atoms with van der Waals surface area (Å²) < 4.78 is 2.00. The van der Waals surface area contributed by atoms with Crippen molar-refractivity contribution in [1.29, 1.82) is 0 Å². The molecule has 0 unspecified atom stereocenters. The van der Waals surface area contributed by atoms with Gasteiger partial charge in [0.15, 0.2) is 0 Å². The number of anilines is 1. The van der Waals surface area contributed by atoms with Crippen LogP contribution in [0.3, 0.4) is 0 Å². The minimum absolute atomic E-state index is 0.148. The maximum atomic E-state index is 13.8. The van der Waals surface area contributed by atoms with E-state index >= 15 is 0 Å². The first kappa shape index (κ1) is 20.5. The van der Waals surface area contributed by atoms with Gasteiger partial charge in [-0.2, -0.15) is 0 Å². The molecular formula is C26H25N3O2S. The molecule has 0 saturated carbocycles. The molecule has 1 aliphatic heterocycles. The van der Waals surface area contributed by atoms with E-state index in [1.807, 2.05) is 83.6 Å². The van der Waals surface area contributed by atoms with Crippen molar-refractivity contribution >= 4 is 39.1 Å². The lowest BCUT2D eigenvalue weighted by Gasteiger charge is -2.44. The van der Waals surface area contributed by atoms with Crippen molar-refractivity contribution in [2.24, 2.45) is 0 Å². The first-order valence-electron chi connectivity index (χ1n) is 10.8. The van der Waals surface area contributed by atoms with Gasteiger partial charge >= 0.3 is 0 Å². The Morgan fingerprint density at radius 3 is 2.62 bits per heavy atom. The predicted molar refractivity (Wildman–Crippen MR) is 129 cm³/mol. The van der Waals surface area contributed by atoms with Gasteiger partial charge in [0, 0.05) is 17.6 Å². The molecule has 0 spiro atoms. The van der Waals surface area contributed by atoms with E-state index < -0.39 is 5.54 Å². The third-order valence-corrected chi connectivity index (χ3v) is 7.20. The smallest absolute Gasteiger partial charge is 0.275 e. The normalized spacial score (nSPS) is 18.1. The fourth-order valence-electron chi connectivity index (χ4n) is 4.49. The van der Waals surface area contributed by atoms with Crippen molar-refractivity contribution in [1.82, 2.24) is 9.88 Å². The average Bonchev–Trinajstić information content (AvgIpc) is 3.41. The van der Waals surface area contributed by atoms with E-state index in [4.69, 9.17) is 0 Å². The molecule has 2 aromatic heterocycles. The highest BCUT2D eigenvalue weighted by molar-refractivity contribution is 7.16. The average molecular weight is 444 g/mol. The molecule has 162 valence electrons. The molecule has 1 atom stereocenters. The van der Waals surface area contributed by atoms with Crippen molar-refractivity contribution in [2.75, 3.05) is 4.90 Å². The molecule has 1 N–H and O–H groups in total. The summed E-state index contributed by atoms with van der Waals surface area (Å²) in [4.78, 5) is 30.2. The van der Waals surface area contributed by atoms with Crippen molar-refractivity contribution in [3.63, 3.8) is 0 Å². The van der Waals surface area contributed by atoms with Crippen molar-refractivity contribution in [2.45, 2.75) is 38.9 Å². The lowest BCUT2D eigenvalue weighted by atomic mass is 9.93. The molecule has 5 nitrogen and oxygen atoms in total. The van der Waals surface area contributed by atoms with Gasteiger partial charge in [-0.15, -0.1) is 11.3 Å². The molecule has 2 aromatic carbocycles. The molecule has 0 aliphatic carbocycles. The summed E-state index contributed by atoms with van der Waals surface area (Å²) in [6.45, 7) is 4.77. The Labute approximate surface area is 191 Å². The third-order valence-electron chi connectivity index (χ3n) is 6.25. The molecule has 0 saturated heterocycles. The highest BCUT2D eigenvalue weighted by Crippen LogP contribution is 2.37. The Hall–Kier alpha value is -3.38. The second-order valence-corrected chi connectivity index (χ2v) is 9.30. The molecular weight excluding hydrogens is 418 g/mol. The van der Waals surface area contributed by atoms with Gasteiger partial charge in [-0.05, 0) is 54.1 Å². The lowest BCUT2D eigenvalue weighted by Crippen LogP contribution is -2.64. The Morgan fingerprint density at radius 2 is 1.84 bits per heavy atom. The highest BCUT2D eigenvalue weighted by atomic mass is 32.1. The number of thiophene rings is 1. The van der Waals surface area contributed by atoms with Crippen LogP contribution in [0.5, 0.6) is 0 Å². The Morgan fingerprint density at radius 1 is 1.06 bits per heavy atom. The van der Waals surface area contributed by atoms with E-state index in [9.17, 15) is 9.59 Å². The van der Waals surface area contributed by atoms with Crippen molar-refractivity contribution in [3.8, 4) is 0 Å². The van der Waals surface area contributed by atoms with E-state index in [1.165, 1.54) is 0 Å². The van der Waals surface area contributed by atoms with Crippen LogP contribution in [0.4, 0.5) is 5.69 Å². The van der Waals surface area contributed by atoms with Crippen LogP contribution in [0.2, 0.25) is 0 Å². The highest BCUT2D eigenvalue weighted by Gasteiger charge is 2.48. The first-order valence-corrected chi connectivity index (χ1v) is 11.7. The number of hydrogen-bond donors (Lipinski definition) is 1. The van der Waals surface area contributed by atoms with Crippen LogP contribution in [-0.4, -0.2) is 21.9 Å². The van der Waals surface area contributed by atoms with Gasteiger partial charge in [0.2, 0.25) is 5.91 Å². The molecule has 0 bridgehead atoms. The summed E-state index contributed by atoms with van der Waals surface area (Å²) in [6, 6.07) is 21.7. The van der Waals surface area contributed by atoms with Gasteiger partial charge in [0.25, 0.3) is 5.91 Å². The minimum atomic E-state index is -1.07. The standard InChI is InChI=1S/C26H25N3O2S/c1-3-18-10-7-11-21(14-18)29-23(30)22-15-20-12-13-32-24(20)28(22)17-26(29,2)25(31)27-16-19-8-5-4-6-9-19/h4-15H,3,16-17H2,1-2H3,(H,27,31)/t26-/m0/s1. The van der Waals surface area contributed by atoms with Crippen molar-refractivity contribution in [3.05, 3.63) is 88.9 Å². The number of rotatable bonds is 5. The molecule has 0 fully saturated rings. The van der Waals surface area contributed by atoms with Gasteiger partial charge in [-0.1, -0.05) is 49.4 Å². The SMILES string of the molecule is CCc1cccc(N2C(=O)c3cc4ccsc4n3C[C@@]2(C)C(=O)NCc2ccccc2)c1. The fourth-order valence-corrected chi connectivity index (χ4v) is 5.38. The number of amides is 2. The molecule has 6 heteroatoms. The van der Waals surface area contributed by atoms with Gasteiger partial charge in [0.1, 0.15) is 16.1 Å². The number of aryl methyl sites for hydroxylation is 1. The summed E-state index contributed by atoms with van der Waals surface area (Å²) in [5.74, 6) is -0.314. The third kappa shape index (κ3) is 3.31. The van der Waals surface area contributed by atoms with Crippen LogP contribution in [0, 0.1) is 0 Å². The zero-order chi connectivity index (χ0) is 22.3. The van der Waals surface area contributed by atoms with E-state index in [2.05, 4.69) is 12.2 Å². The summed E-state index contributed by atoms with van der Waals surface area (Å²) in [6.07, 6.45) is 0.860. The molecule has 3 heterocycles. The number of nitrogens with one attached hydrogen (secondary N) is 1. The second-order valence-electron chi connectivity index (χ2n) is 8.40. The number of aromatic nitrogens is 1. The van der Waals surface area contributed by atoms with E-state index in [0.717, 1.165) is 33.5 Å². The van der Waals surface area contributed by atoms with Gasteiger partial charge in [-0.3, -0.25) is 14.5 Å². The van der Waals surface area contributed by atoms with Crippen LogP contribution in [-0.2, 0) is 24.3 Å². The molecule has 1 aliphatic rings. The minimum Gasteiger partial charge on any atom is -0.350 e. The Bertz CT molecular complexity index is 1310. The summed E-state index contributed by atoms with van der Waals surface area (Å²) in [7, 11) is 0. The van der Waals surface area contributed by atoms with Gasteiger partial charge in [0.05, 0.1) is 6.54 Å². The monoisotopic (exact) mass is 443 g/mol. The Kier molecular flexibility index (Phi) is 5.10. The van der Waals surface area contributed by atoms with Crippen LogP contribution in [0.15, 0.2) is 72.1 Å². The number of fused-ring (bicyclic) bond motifs is 3. The summed E-state index contributed by atoms with van der Waals surface area (Å²) >= 11 is 1.60. The first-order chi connectivity index (χ1) is 15.5. The maximum absolute atomic E-state index is 13.8. The number of nitrogens with zero attached hydrogens (tertiary/aromatic N) is 2. The zero-order valence-corrected chi connectivity index (χ0v) is 19.0. The van der Waals surface area contributed by atoms with E-state index in [0.29, 0.717) is 18.8 Å². The van der Waals surface area contributed by atoms with Crippen LogP contribution < -0.4 is 10.2 Å². The van der Waals surface area contributed by atoms with E-state index in [1.54, 1.807) is 16.2 Å². The summed E-state index contributed by atoms with van der Waals surface area (Å²) in [5.41, 5.74) is 2.46. The van der Waals surface area contributed by atoms with Crippen LogP contribution in [0.25, 0.3) is 10.2 Å². The zero-order valence-electron chi connectivity index (χ0n) is 18.2. The lowest BCUT2D eigenvalue weighted by molar-refractivity contribution is -0.126. The molecule has 0 radical (unpaired) electrons. The van der Waals surface area contributed by atoms with Gasteiger partial charge < -0.3 is 9.88 Å². The Balaban J connectivity index is 1.58. The number of carbonyl (C=O) groups excluding carboxylic acids is 2. The number of carbonyl (C=O) groups is 2. The van der Waals surface area contributed by atoms with Crippen molar-refractivity contribution < 1.29 is 9.59 Å². The number of hydrogen-bond acceptors (Lipinski definition) is 3. The predicted octanol–water partition coefficient (Wildman–Crippen LogP) is 5.00. The topological polar surface area (TPSA) is 54.3 Å². The van der Waals surface area contributed by atoms with Crippen LogP contribution >= 0.6 is 11.3 Å². The second kappa shape index (κ2) is 7.95. The number of benzene rings is 2. The molecule has 2 amide bonds.